The first-order chi connectivity index (χ1) is 6.43. The van der Waals surface area contributed by atoms with Crippen molar-refractivity contribution in [2.45, 2.75) is 45.5 Å². The van der Waals surface area contributed by atoms with Crippen molar-refractivity contribution in [2.75, 3.05) is 0 Å². The van der Waals surface area contributed by atoms with E-state index >= 15 is 0 Å². The first kappa shape index (κ1) is 13.1. The molecule has 0 saturated carbocycles. The third kappa shape index (κ3) is 6.62. The second-order valence-electron chi connectivity index (χ2n) is 3.42. The third-order valence-electron chi connectivity index (χ3n) is 1.66. The minimum Gasteiger partial charge on any atom is -0.433 e. The van der Waals surface area contributed by atoms with Gasteiger partial charge >= 0.3 is 5.97 Å². The van der Waals surface area contributed by atoms with E-state index in [1.165, 1.54) is 6.92 Å². The third-order valence-corrected chi connectivity index (χ3v) is 1.66. The van der Waals surface area contributed by atoms with Gasteiger partial charge in [0.15, 0.2) is 0 Å². The van der Waals surface area contributed by atoms with Gasteiger partial charge in [0, 0.05) is 12.0 Å². The summed E-state index contributed by atoms with van der Waals surface area (Å²) in [5, 5.41) is 18.1. The van der Waals surface area contributed by atoms with E-state index in [1.54, 1.807) is 6.92 Å². The number of esters is 1. The van der Waals surface area contributed by atoms with Crippen molar-refractivity contribution in [1.29, 1.82) is 0 Å². The van der Waals surface area contributed by atoms with Gasteiger partial charge in [-0.2, -0.15) is 0 Å². The molecule has 82 valence electrons. The zero-order valence-corrected chi connectivity index (χ0v) is 8.69. The number of hydrogen-bond acceptors (Lipinski definition) is 4. The molecule has 0 heterocycles. The van der Waals surface area contributed by atoms with Crippen LogP contribution in [0.1, 0.15) is 33.1 Å². The Kier molecular flexibility index (Phi) is 6.16. The number of rotatable bonds is 6. The lowest BCUT2D eigenvalue weighted by molar-refractivity contribution is -0.163. The lowest BCUT2D eigenvalue weighted by Crippen LogP contribution is -2.18. The Balaban J connectivity index is 3.60. The molecular weight excluding hydrogens is 184 g/mol. The molecule has 0 radical (unpaired) electrons. The van der Waals surface area contributed by atoms with Crippen LogP contribution in [-0.4, -0.2) is 28.6 Å². The quantitative estimate of drug-likeness (QED) is 0.382. The second kappa shape index (κ2) is 6.56. The van der Waals surface area contributed by atoms with E-state index in [9.17, 15) is 9.90 Å². The molecule has 4 heteroatoms. The van der Waals surface area contributed by atoms with Crippen LogP contribution in [0.3, 0.4) is 0 Å². The van der Waals surface area contributed by atoms with Crippen molar-refractivity contribution in [3.8, 4) is 0 Å². The Morgan fingerprint density at radius 2 is 2.00 bits per heavy atom. The van der Waals surface area contributed by atoms with Gasteiger partial charge in [0.25, 0.3) is 0 Å². The molecule has 0 aromatic rings. The SMILES string of the molecule is C=C(C)C(=O)OC(O)CCCC(C)O. The summed E-state index contributed by atoms with van der Waals surface area (Å²) < 4.78 is 4.63. The van der Waals surface area contributed by atoms with Gasteiger partial charge in [-0.3, -0.25) is 0 Å². The van der Waals surface area contributed by atoms with E-state index in [-0.39, 0.29) is 11.7 Å². The number of hydrogen-bond donors (Lipinski definition) is 2. The zero-order valence-electron chi connectivity index (χ0n) is 8.69. The highest BCUT2D eigenvalue weighted by Gasteiger charge is 2.11. The molecule has 0 aliphatic rings. The van der Waals surface area contributed by atoms with E-state index in [0.29, 0.717) is 19.3 Å². The molecule has 2 unspecified atom stereocenters. The van der Waals surface area contributed by atoms with E-state index in [0.717, 1.165) is 0 Å². The largest absolute Gasteiger partial charge is 0.433 e. The summed E-state index contributed by atoms with van der Waals surface area (Å²) in [5.74, 6) is -0.588. The maximum Gasteiger partial charge on any atom is 0.335 e. The number of carbonyl (C=O) groups excluding carboxylic acids is 1. The van der Waals surface area contributed by atoms with Crippen LogP contribution < -0.4 is 0 Å². The zero-order chi connectivity index (χ0) is 11.1. The summed E-state index contributed by atoms with van der Waals surface area (Å²) in [4.78, 5) is 10.9. The van der Waals surface area contributed by atoms with Crippen molar-refractivity contribution >= 4 is 5.97 Å². The van der Waals surface area contributed by atoms with Crippen molar-refractivity contribution in [3.05, 3.63) is 12.2 Å². The fourth-order valence-electron chi connectivity index (χ4n) is 0.871. The van der Waals surface area contributed by atoms with Gasteiger partial charge in [-0.1, -0.05) is 6.58 Å². The lowest BCUT2D eigenvalue weighted by Gasteiger charge is -2.12. The van der Waals surface area contributed by atoms with E-state index in [1.807, 2.05) is 0 Å². The molecule has 0 amide bonds. The minimum atomic E-state index is -1.10. The van der Waals surface area contributed by atoms with Crippen LogP contribution in [0.25, 0.3) is 0 Å². The summed E-state index contributed by atoms with van der Waals surface area (Å²) in [5.41, 5.74) is 0.263. The summed E-state index contributed by atoms with van der Waals surface area (Å²) in [6.45, 7) is 6.58. The molecular formula is C10H18O4. The first-order valence-electron chi connectivity index (χ1n) is 4.66. The molecule has 0 aromatic carbocycles. The lowest BCUT2D eigenvalue weighted by atomic mass is 10.2. The van der Waals surface area contributed by atoms with Crippen LogP contribution in [0.4, 0.5) is 0 Å². The molecule has 0 aliphatic carbocycles. The topological polar surface area (TPSA) is 66.8 Å². The number of carbonyl (C=O) groups is 1. The Morgan fingerprint density at radius 3 is 2.43 bits per heavy atom. The Bertz CT molecular complexity index is 198. The van der Waals surface area contributed by atoms with Crippen LogP contribution >= 0.6 is 0 Å². The molecule has 0 fully saturated rings. The van der Waals surface area contributed by atoms with Crippen LogP contribution in [-0.2, 0) is 9.53 Å². The van der Waals surface area contributed by atoms with Gasteiger partial charge < -0.3 is 14.9 Å². The van der Waals surface area contributed by atoms with Crippen LogP contribution in [0.5, 0.6) is 0 Å². The van der Waals surface area contributed by atoms with Gasteiger partial charge in [0.1, 0.15) is 0 Å². The predicted octanol–water partition coefficient (Wildman–Crippen LogP) is 0.975. The fraction of sp³-hybridized carbons (Fsp3) is 0.700. The fourth-order valence-corrected chi connectivity index (χ4v) is 0.871. The monoisotopic (exact) mass is 202 g/mol. The average Bonchev–Trinajstić information content (AvgIpc) is 2.02. The number of aliphatic hydroxyl groups excluding tert-OH is 2. The van der Waals surface area contributed by atoms with Gasteiger partial charge in [-0.25, -0.2) is 4.79 Å². The molecule has 0 aromatic heterocycles. The molecule has 2 N–H and O–H groups in total. The van der Waals surface area contributed by atoms with E-state index in [2.05, 4.69) is 11.3 Å². The highest BCUT2D eigenvalue weighted by molar-refractivity contribution is 5.86. The molecule has 2 atom stereocenters. The van der Waals surface area contributed by atoms with Gasteiger partial charge in [-0.15, -0.1) is 0 Å². The van der Waals surface area contributed by atoms with Crippen LogP contribution in [0.2, 0.25) is 0 Å². The molecule has 0 saturated heterocycles. The number of aliphatic hydroxyl groups is 2. The molecule has 4 nitrogen and oxygen atoms in total. The van der Waals surface area contributed by atoms with Crippen LogP contribution in [0.15, 0.2) is 12.2 Å². The summed E-state index contributed by atoms with van der Waals surface area (Å²) in [6, 6.07) is 0. The summed E-state index contributed by atoms with van der Waals surface area (Å²) in [7, 11) is 0. The van der Waals surface area contributed by atoms with Crippen molar-refractivity contribution in [1.82, 2.24) is 0 Å². The maximum atomic E-state index is 10.9. The highest BCUT2D eigenvalue weighted by Crippen LogP contribution is 2.06. The molecule has 14 heavy (non-hydrogen) atoms. The molecule has 0 bridgehead atoms. The van der Waals surface area contributed by atoms with E-state index < -0.39 is 12.3 Å². The standard InChI is InChI=1S/C10H18O4/c1-7(2)10(13)14-9(12)6-4-5-8(3)11/h8-9,11-12H,1,4-6H2,2-3H3. The Morgan fingerprint density at radius 1 is 1.43 bits per heavy atom. The molecule has 0 aliphatic heterocycles. The normalized spacial score (nSPS) is 14.6. The van der Waals surface area contributed by atoms with Crippen molar-refractivity contribution in [3.63, 3.8) is 0 Å². The molecule has 0 spiro atoms. The van der Waals surface area contributed by atoms with Crippen LogP contribution in [0, 0.1) is 0 Å². The van der Waals surface area contributed by atoms with Gasteiger partial charge in [-0.05, 0) is 26.7 Å². The highest BCUT2D eigenvalue weighted by atomic mass is 16.6. The predicted molar refractivity (Wildman–Crippen MR) is 52.4 cm³/mol. The smallest absolute Gasteiger partial charge is 0.335 e. The second-order valence-corrected chi connectivity index (χ2v) is 3.42. The van der Waals surface area contributed by atoms with Gasteiger partial charge in [0.2, 0.25) is 6.29 Å². The Hall–Kier alpha value is -0.870. The summed E-state index contributed by atoms with van der Waals surface area (Å²) >= 11 is 0. The summed E-state index contributed by atoms with van der Waals surface area (Å²) in [6.07, 6.45) is 0.0467. The average molecular weight is 202 g/mol. The Labute approximate surface area is 84.2 Å². The van der Waals surface area contributed by atoms with Crippen molar-refractivity contribution in [2.24, 2.45) is 0 Å². The first-order valence-corrected chi connectivity index (χ1v) is 4.66. The van der Waals surface area contributed by atoms with Crippen molar-refractivity contribution < 1.29 is 19.7 Å². The maximum absolute atomic E-state index is 10.9. The van der Waals surface area contributed by atoms with Gasteiger partial charge in [0.05, 0.1) is 6.10 Å². The number of ether oxygens (including phenoxy) is 1. The molecule has 0 rings (SSSR count). The minimum absolute atomic E-state index is 0.263. The van der Waals surface area contributed by atoms with E-state index in [4.69, 9.17) is 5.11 Å².